The molecule has 130 valence electrons. The molecule has 2 aromatic heterocycles. The maximum atomic E-state index is 12.3. The van der Waals surface area contributed by atoms with E-state index >= 15 is 0 Å². The third-order valence-corrected chi connectivity index (χ3v) is 3.61. The van der Waals surface area contributed by atoms with Gasteiger partial charge in [-0.15, -0.1) is 0 Å². The van der Waals surface area contributed by atoms with Crippen LogP contribution in [0.2, 0.25) is 0 Å². The van der Waals surface area contributed by atoms with Crippen molar-refractivity contribution in [2.45, 2.75) is 13.0 Å². The SMILES string of the molecule is CCOc1ccccc1NC(=O)NC[C@@H](c1ccco1)n1cccn1. The second kappa shape index (κ2) is 8.05. The number of furan rings is 1. The molecule has 0 aliphatic rings. The molecule has 0 aliphatic carbocycles. The molecule has 0 aliphatic heterocycles. The fourth-order valence-corrected chi connectivity index (χ4v) is 2.48. The number of hydrogen-bond donors (Lipinski definition) is 2. The Morgan fingerprint density at radius 3 is 2.88 bits per heavy atom. The Labute approximate surface area is 145 Å². The minimum absolute atomic E-state index is 0.224. The van der Waals surface area contributed by atoms with Crippen LogP contribution in [0, 0.1) is 0 Å². The number of carbonyl (C=O) groups excluding carboxylic acids is 1. The number of para-hydroxylation sites is 2. The molecule has 7 heteroatoms. The van der Waals surface area contributed by atoms with Crippen LogP contribution in [0.15, 0.2) is 65.5 Å². The fraction of sp³-hybridized carbons (Fsp3) is 0.222. The Kier molecular flexibility index (Phi) is 5.36. The van der Waals surface area contributed by atoms with Crippen LogP contribution in [0.1, 0.15) is 18.7 Å². The summed E-state index contributed by atoms with van der Waals surface area (Å²) in [5, 5.41) is 9.89. The summed E-state index contributed by atoms with van der Waals surface area (Å²) in [4.78, 5) is 12.3. The first-order valence-electron chi connectivity index (χ1n) is 8.07. The number of amides is 2. The topological polar surface area (TPSA) is 81.3 Å². The van der Waals surface area contributed by atoms with Crippen LogP contribution in [0.4, 0.5) is 10.5 Å². The van der Waals surface area contributed by atoms with E-state index in [-0.39, 0.29) is 12.1 Å². The van der Waals surface area contributed by atoms with E-state index in [2.05, 4.69) is 15.7 Å². The van der Waals surface area contributed by atoms with Crippen LogP contribution < -0.4 is 15.4 Å². The van der Waals surface area contributed by atoms with Crippen LogP contribution in [0.3, 0.4) is 0 Å². The molecule has 0 saturated carbocycles. The first-order valence-corrected chi connectivity index (χ1v) is 8.07. The van der Waals surface area contributed by atoms with Crippen molar-refractivity contribution in [2.75, 3.05) is 18.5 Å². The number of carbonyl (C=O) groups is 1. The molecule has 3 rings (SSSR count). The lowest BCUT2D eigenvalue weighted by atomic mass is 10.2. The van der Waals surface area contributed by atoms with E-state index in [4.69, 9.17) is 9.15 Å². The van der Waals surface area contributed by atoms with E-state index in [9.17, 15) is 4.79 Å². The van der Waals surface area contributed by atoms with Crippen molar-refractivity contribution in [2.24, 2.45) is 0 Å². The summed E-state index contributed by atoms with van der Waals surface area (Å²) in [6, 6.07) is 12.3. The predicted octanol–water partition coefficient (Wildman–Crippen LogP) is 3.29. The lowest BCUT2D eigenvalue weighted by molar-refractivity contribution is 0.249. The molecule has 0 bridgehead atoms. The Morgan fingerprint density at radius 1 is 1.28 bits per heavy atom. The highest BCUT2D eigenvalue weighted by Crippen LogP contribution is 2.23. The number of nitrogens with one attached hydrogen (secondary N) is 2. The van der Waals surface area contributed by atoms with Gasteiger partial charge in [0.05, 0.1) is 18.6 Å². The molecule has 0 fully saturated rings. The van der Waals surface area contributed by atoms with Gasteiger partial charge in [0.1, 0.15) is 17.6 Å². The van der Waals surface area contributed by atoms with E-state index < -0.39 is 0 Å². The van der Waals surface area contributed by atoms with Gasteiger partial charge >= 0.3 is 6.03 Å². The Balaban J connectivity index is 1.65. The van der Waals surface area contributed by atoms with Gasteiger partial charge in [0.2, 0.25) is 0 Å². The van der Waals surface area contributed by atoms with Crippen LogP contribution in [-0.2, 0) is 0 Å². The normalized spacial score (nSPS) is 11.7. The number of urea groups is 1. The number of hydrogen-bond acceptors (Lipinski definition) is 4. The Bertz CT molecular complexity index is 750. The molecule has 3 aromatic rings. The maximum Gasteiger partial charge on any atom is 0.319 e. The quantitative estimate of drug-likeness (QED) is 0.691. The molecule has 0 unspecified atom stereocenters. The van der Waals surface area contributed by atoms with Gasteiger partial charge < -0.3 is 19.8 Å². The largest absolute Gasteiger partial charge is 0.492 e. The third-order valence-electron chi connectivity index (χ3n) is 3.61. The van der Waals surface area contributed by atoms with Gasteiger partial charge in [0.15, 0.2) is 0 Å². The summed E-state index contributed by atoms with van der Waals surface area (Å²) in [5.74, 6) is 1.36. The zero-order chi connectivity index (χ0) is 17.5. The number of anilines is 1. The fourth-order valence-electron chi connectivity index (χ4n) is 2.48. The molecule has 0 radical (unpaired) electrons. The molecule has 0 saturated heterocycles. The van der Waals surface area contributed by atoms with Crippen LogP contribution in [0.5, 0.6) is 5.75 Å². The zero-order valence-electron chi connectivity index (χ0n) is 13.9. The van der Waals surface area contributed by atoms with Gasteiger partial charge in [-0.1, -0.05) is 12.1 Å². The molecule has 25 heavy (non-hydrogen) atoms. The van der Waals surface area contributed by atoms with Crippen molar-refractivity contribution < 1.29 is 13.9 Å². The monoisotopic (exact) mass is 340 g/mol. The van der Waals surface area contributed by atoms with Crippen molar-refractivity contribution in [1.82, 2.24) is 15.1 Å². The molecule has 2 amide bonds. The number of nitrogens with zero attached hydrogens (tertiary/aromatic N) is 2. The molecule has 7 nitrogen and oxygen atoms in total. The van der Waals surface area contributed by atoms with Gasteiger partial charge in [0, 0.05) is 18.9 Å². The van der Waals surface area contributed by atoms with Crippen molar-refractivity contribution in [1.29, 1.82) is 0 Å². The van der Waals surface area contributed by atoms with Crippen molar-refractivity contribution in [3.05, 3.63) is 66.9 Å². The van der Waals surface area contributed by atoms with E-state index in [1.165, 1.54) is 0 Å². The second-order valence-electron chi connectivity index (χ2n) is 5.28. The number of ether oxygens (including phenoxy) is 1. The van der Waals surface area contributed by atoms with Crippen LogP contribution in [-0.4, -0.2) is 29.0 Å². The average molecular weight is 340 g/mol. The molecule has 1 atom stereocenters. The van der Waals surface area contributed by atoms with Crippen molar-refractivity contribution >= 4 is 11.7 Å². The first kappa shape index (κ1) is 16.6. The number of benzene rings is 1. The molecular weight excluding hydrogens is 320 g/mol. The second-order valence-corrected chi connectivity index (χ2v) is 5.28. The highest BCUT2D eigenvalue weighted by atomic mass is 16.5. The van der Waals surface area contributed by atoms with Crippen LogP contribution >= 0.6 is 0 Å². The van der Waals surface area contributed by atoms with Crippen molar-refractivity contribution in [3.8, 4) is 5.75 Å². The van der Waals surface area contributed by atoms with E-state index in [1.807, 2.05) is 49.5 Å². The predicted molar refractivity (Wildman–Crippen MR) is 93.7 cm³/mol. The average Bonchev–Trinajstić information content (AvgIpc) is 3.31. The summed E-state index contributed by atoms with van der Waals surface area (Å²) in [6.07, 6.45) is 5.12. The van der Waals surface area contributed by atoms with Gasteiger partial charge in [-0.25, -0.2) is 4.79 Å². The zero-order valence-corrected chi connectivity index (χ0v) is 13.9. The number of aromatic nitrogens is 2. The maximum absolute atomic E-state index is 12.3. The molecule has 1 aromatic carbocycles. The molecule has 0 spiro atoms. The minimum atomic E-state index is -0.323. The van der Waals surface area contributed by atoms with Gasteiger partial charge in [-0.2, -0.15) is 5.10 Å². The Hall–Kier alpha value is -3.22. The lowest BCUT2D eigenvalue weighted by Gasteiger charge is -2.17. The summed E-state index contributed by atoms with van der Waals surface area (Å²) in [7, 11) is 0. The van der Waals surface area contributed by atoms with Crippen LogP contribution in [0.25, 0.3) is 0 Å². The van der Waals surface area contributed by atoms with E-state index in [1.54, 1.807) is 23.2 Å². The summed E-state index contributed by atoms with van der Waals surface area (Å²) in [5.41, 5.74) is 0.621. The third kappa shape index (κ3) is 4.20. The van der Waals surface area contributed by atoms with Crippen molar-refractivity contribution in [3.63, 3.8) is 0 Å². The standard InChI is InChI=1S/C18H20N4O3/c1-2-24-16-8-4-3-7-14(16)21-18(23)19-13-15(17-9-5-12-25-17)22-11-6-10-20-22/h3-12,15H,2,13H2,1H3,(H2,19,21,23)/t15-/m0/s1. The van der Waals surface area contributed by atoms with E-state index in [0.29, 0.717) is 24.6 Å². The molecular formula is C18H20N4O3. The Morgan fingerprint density at radius 2 is 2.16 bits per heavy atom. The summed E-state index contributed by atoms with van der Waals surface area (Å²) < 4.78 is 12.7. The minimum Gasteiger partial charge on any atom is -0.492 e. The smallest absolute Gasteiger partial charge is 0.319 e. The molecule has 2 heterocycles. The highest BCUT2D eigenvalue weighted by Gasteiger charge is 2.18. The summed E-state index contributed by atoms with van der Waals surface area (Å²) in [6.45, 7) is 2.76. The number of rotatable bonds is 7. The van der Waals surface area contributed by atoms with Gasteiger partial charge in [0.25, 0.3) is 0 Å². The molecule has 2 N–H and O–H groups in total. The lowest BCUT2D eigenvalue weighted by Crippen LogP contribution is -2.34. The van der Waals surface area contributed by atoms with Gasteiger partial charge in [-0.05, 0) is 37.3 Å². The highest BCUT2D eigenvalue weighted by molar-refractivity contribution is 5.90. The van der Waals surface area contributed by atoms with E-state index in [0.717, 1.165) is 5.76 Å². The first-order chi connectivity index (χ1) is 12.3. The summed E-state index contributed by atoms with van der Waals surface area (Å²) >= 11 is 0. The van der Waals surface area contributed by atoms with Gasteiger partial charge in [-0.3, -0.25) is 4.68 Å².